The van der Waals surface area contributed by atoms with E-state index in [1.54, 1.807) is 7.11 Å². The Kier molecular flexibility index (Phi) is 9.48. The Bertz CT molecular complexity index is 764. The zero-order chi connectivity index (χ0) is 20.0. The van der Waals surface area contributed by atoms with E-state index in [4.69, 9.17) is 9.73 Å². The Balaban J connectivity index is 0.00000300. The molecular weight excluding hydrogens is 503 g/mol. The number of benzene rings is 1. The molecule has 2 N–H and O–H groups in total. The summed E-state index contributed by atoms with van der Waals surface area (Å²) in [5.74, 6) is 1.99. The Labute approximate surface area is 191 Å². The normalized spacial score (nSPS) is 22.7. The summed E-state index contributed by atoms with van der Waals surface area (Å²) < 4.78 is 28.8. The molecule has 3 rings (SSSR count). The van der Waals surface area contributed by atoms with E-state index in [0.29, 0.717) is 18.9 Å². The van der Waals surface area contributed by atoms with Gasteiger partial charge in [0, 0.05) is 12.6 Å². The monoisotopic (exact) mass is 536 g/mol. The maximum absolute atomic E-state index is 11.7. The predicted molar refractivity (Wildman–Crippen MR) is 128 cm³/mol. The number of guanidine groups is 1. The molecule has 0 spiro atoms. The smallest absolute Gasteiger partial charge is 0.191 e. The second-order valence-corrected chi connectivity index (χ2v) is 9.72. The van der Waals surface area contributed by atoms with Gasteiger partial charge in [0.25, 0.3) is 0 Å². The third kappa shape index (κ3) is 6.99. The largest absolute Gasteiger partial charge is 0.497 e. The molecule has 0 aromatic heterocycles. The molecule has 164 valence electrons. The summed E-state index contributed by atoms with van der Waals surface area (Å²) in [6.07, 6.45) is 3.07. The van der Waals surface area contributed by atoms with E-state index in [0.717, 1.165) is 25.4 Å². The molecule has 0 aliphatic carbocycles. The summed E-state index contributed by atoms with van der Waals surface area (Å²) in [6.45, 7) is 5.54. The average Bonchev–Trinajstić information content (AvgIpc) is 3.32. The fraction of sp³-hybridized carbons (Fsp3) is 0.650. The molecule has 0 saturated carbocycles. The van der Waals surface area contributed by atoms with Crippen LogP contribution in [0.2, 0.25) is 0 Å². The molecule has 29 heavy (non-hydrogen) atoms. The van der Waals surface area contributed by atoms with Crippen LogP contribution in [0.1, 0.15) is 37.8 Å². The number of ether oxygens (including phenoxy) is 1. The predicted octanol–water partition coefficient (Wildman–Crippen LogP) is 2.19. The molecule has 2 aliphatic heterocycles. The van der Waals surface area contributed by atoms with Gasteiger partial charge < -0.3 is 15.4 Å². The van der Waals surface area contributed by atoms with Crippen molar-refractivity contribution in [2.45, 2.75) is 38.3 Å². The highest BCUT2D eigenvalue weighted by molar-refractivity contribution is 14.0. The van der Waals surface area contributed by atoms with Gasteiger partial charge in [-0.1, -0.05) is 12.1 Å². The Morgan fingerprint density at radius 1 is 1.28 bits per heavy atom. The van der Waals surface area contributed by atoms with Crippen molar-refractivity contribution >= 4 is 39.8 Å². The van der Waals surface area contributed by atoms with E-state index < -0.39 is 9.84 Å². The van der Waals surface area contributed by atoms with Crippen LogP contribution in [0, 0.1) is 0 Å². The van der Waals surface area contributed by atoms with Crippen LogP contribution in [0.15, 0.2) is 29.3 Å². The van der Waals surface area contributed by atoms with E-state index in [9.17, 15) is 8.42 Å². The molecule has 1 aromatic carbocycles. The molecule has 2 fully saturated rings. The summed E-state index contributed by atoms with van der Waals surface area (Å²) in [6, 6.07) is 8.36. The van der Waals surface area contributed by atoms with Gasteiger partial charge in [-0.3, -0.25) is 9.89 Å². The van der Waals surface area contributed by atoms with Crippen molar-refractivity contribution in [2.75, 3.05) is 44.8 Å². The zero-order valence-electron chi connectivity index (χ0n) is 17.3. The lowest BCUT2D eigenvalue weighted by Gasteiger charge is -2.27. The van der Waals surface area contributed by atoms with Crippen molar-refractivity contribution in [3.05, 3.63) is 29.8 Å². The Hall–Kier alpha value is -1.07. The first-order valence-electron chi connectivity index (χ1n) is 10.1. The van der Waals surface area contributed by atoms with E-state index in [2.05, 4.69) is 27.7 Å². The summed E-state index contributed by atoms with van der Waals surface area (Å²) in [4.78, 5) is 7.30. The van der Waals surface area contributed by atoms with E-state index in [1.807, 2.05) is 19.1 Å². The number of aliphatic imine (C=N–C) groups is 1. The van der Waals surface area contributed by atoms with Gasteiger partial charge in [0.1, 0.15) is 5.75 Å². The number of sulfone groups is 1. The Morgan fingerprint density at radius 2 is 1.97 bits per heavy atom. The number of nitrogens with zero attached hydrogens (tertiary/aromatic N) is 2. The van der Waals surface area contributed by atoms with Gasteiger partial charge in [0.15, 0.2) is 15.8 Å². The van der Waals surface area contributed by atoms with E-state index >= 15 is 0 Å². The minimum absolute atomic E-state index is 0. The molecule has 2 unspecified atom stereocenters. The first kappa shape index (κ1) is 24.2. The molecule has 2 heterocycles. The van der Waals surface area contributed by atoms with Gasteiger partial charge in [-0.05, 0) is 57.0 Å². The Morgan fingerprint density at radius 3 is 2.52 bits per heavy atom. The minimum atomic E-state index is -2.92. The second kappa shape index (κ2) is 11.4. The van der Waals surface area contributed by atoms with Crippen molar-refractivity contribution in [1.82, 2.24) is 15.5 Å². The third-order valence-corrected chi connectivity index (χ3v) is 7.19. The van der Waals surface area contributed by atoms with Crippen LogP contribution in [0.25, 0.3) is 0 Å². The highest BCUT2D eigenvalue weighted by Gasteiger charge is 2.29. The summed E-state index contributed by atoms with van der Waals surface area (Å²) in [5, 5.41) is 6.57. The van der Waals surface area contributed by atoms with Crippen molar-refractivity contribution < 1.29 is 13.2 Å². The molecule has 1 aromatic rings. The van der Waals surface area contributed by atoms with E-state index in [-0.39, 0.29) is 47.6 Å². The summed E-state index contributed by atoms with van der Waals surface area (Å²) in [7, 11) is -1.24. The first-order valence-corrected chi connectivity index (χ1v) is 12.0. The number of rotatable bonds is 7. The molecule has 2 aliphatic rings. The second-order valence-electron chi connectivity index (χ2n) is 7.50. The van der Waals surface area contributed by atoms with Crippen LogP contribution in [0.4, 0.5) is 0 Å². The number of hydrogen-bond donors (Lipinski definition) is 2. The molecule has 9 heteroatoms. The number of nitrogens with one attached hydrogen (secondary N) is 2. The molecule has 2 saturated heterocycles. The maximum atomic E-state index is 11.7. The molecule has 0 amide bonds. The minimum Gasteiger partial charge on any atom is -0.497 e. The molecule has 0 bridgehead atoms. The maximum Gasteiger partial charge on any atom is 0.191 e. The quantitative estimate of drug-likeness (QED) is 0.316. The fourth-order valence-electron chi connectivity index (χ4n) is 3.91. The lowest BCUT2D eigenvalue weighted by molar-refractivity contribution is 0.251. The molecule has 7 nitrogen and oxygen atoms in total. The van der Waals surface area contributed by atoms with Gasteiger partial charge in [0.05, 0.1) is 31.2 Å². The van der Waals surface area contributed by atoms with Gasteiger partial charge in [-0.25, -0.2) is 8.42 Å². The van der Waals surface area contributed by atoms with Gasteiger partial charge in [-0.2, -0.15) is 0 Å². The first-order chi connectivity index (χ1) is 13.5. The number of hydrogen-bond acceptors (Lipinski definition) is 5. The highest BCUT2D eigenvalue weighted by atomic mass is 127. The van der Waals surface area contributed by atoms with Gasteiger partial charge in [0.2, 0.25) is 0 Å². The average molecular weight is 536 g/mol. The van der Waals surface area contributed by atoms with Crippen molar-refractivity contribution in [2.24, 2.45) is 4.99 Å². The van der Waals surface area contributed by atoms with Crippen molar-refractivity contribution in [3.8, 4) is 5.75 Å². The van der Waals surface area contributed by atoms with Crippen LogP contribution in [0.3, 0.4) is 0 Å². The van der Waals surface area contributed by atoms with Gasteiger partial charge >= 0.3 is 0 Å². The SMILES string of the molecule is CCNC(=NCC(c1ccc(OC)cc1)N1CCCC1)NC1CCS(=O)(=O)C1.I. The number of methoxy groups -OCH3 is 1. The highest BCUT2D eigenvalue weighted by Crippen LogP contribution is 2.27. The van der Waals surface area contributed by atoms with Crippen LogP contribution >= 0.6 is 24.0 Å². The van der Waals surface area contributed by atoms with Gasteiger partial charge in [-0.15, -0.1) is 24.0 Å². The third-order valence-electron chi connectivity index (χ3n) is 5.42. The number of halogens is 1. The summed E-state index contributed by atoms with van der Waals surface area (Å²) in [5.41, 5.74) is 1.23. The molecular formula is C20H33IN4O3S. The fourth-order valence-corrected chi connectivity index (χ4v) is 5.58. The van der Waals surface area contributed by atoms with Crippen LogP contribution < -0.4 is 15.4 Å². The zero-order valence-corrected chi connectivity index (χ0v) is 20.4. The lowest BCUT2D eigenvalue weighted by atomic mass is 10.1. The van der Waals surface area contributed by atoms with Crippen molar-refractivity contribution in [1.29, 1.82) is 0 Å². The topological polar surface area (TPSA) is 83.0 Å². The van der Waals surface area contributed by atoms with Crippen LogP contribution in [-0.4, -0.2) is 70.1 Å². The standard InChI is InChI=1S/C20H32N4O3S.HI/c1-3-21-20(23-17-10-13-28(25,26)15-17)22-14-19(24-11-4-5-12-24)16-6-8-18(27-2)9-7-16;/h6-9,17,19H,3-5,10-15H2,1-2H3,(H2,21,22,23);1H. The van der Waals surface area contributed by atoms with E-state index in [1.165, 1.54) is 18.4 Å². The van der Waals surface area contributed by atoms with Crippen LogP contribution in [-0.2, 0) is 9.84 Å². The number of likely N-dealkylation sites (tertiary alicyclic amines) is 1. The van der Waals surface area contributed by atoms with Crippen molar-refractivity contribution in [3.63, 3.8) is 0 Å². The van der Waals surface area contributed by atoms with Crippen LogP contribution in [0.5, 0.6) is 5.75 Å². The summed E-state index contributed by atoms with van der Waals surface area (Å²) >= 11 is 0. The molecule has 2 atom stereocenters. The lowest BCUT2D eigenvalue weighted by Crippen LogP contribution is -2.44. The molecule has 0 radical (unpaired) electrons.